The van der Waals surface area contributed by atoms with Gasteiger partial charge in [-0.3, -0.25) is 0 Å². The predicted octanol–water partition coefficient (Wildman–Crippen LogP) is 2.57. The summed E-state index contributed by atoms with van der Waals surface area (Å²) in [6.07, 6.45) is 3.63. The number of sulfonamides is 1. The predicted molar refractivity (Wildman–Crippen MR) is 123 cm³/mol. The molecular weight excluding hydrogens is 490 g/mol. The third kappa shape index (κ3) is 5.04. The van der Waals surface area contributed by atoms with Gasteiger partial charge in [0.1, 0.15) is 15.7 Å². The number of hydrogen-bond acceptors (Lipinski definition) is 8. The summed E-state index contributed by atoms with van der Waals surface area (Å²) in [5, 5.41) is 17.7. The van der Waals surface area contributed by atoms with Gasteiger partial charge in [-0.1, -0.05) is 29.4 Å². The van der Waals surface area contributed by atoms with E-state index in [9.17, 15) is 18.3 Å². The van der Waals surface area contributed by atoms with Crippen molar-refractivity contribution in [2.45, 2.75) is 46.7 Å². The molecule has 0 aliphatic carbocycles. The Morgan fingerprint density at radius 1 is 1.33 bits per heavy atom. The van der Waals surface area contributed by atoms with Gasteiger partial charge in [0.25, 0.3) is 0 Å². The average molecular weight is 514 g/mol. The molecule has 0 radical (unpaired) electrons. The van der Waals surface area contributed by atoms with Crippen LogP contribution in [0.4, 0.5) is 10.6 Å². The lowest BCUT2D eigenvalue weighted by Gasteiger charge is -2.42. The van der Waals surface area contributed by atoms with Crippen molar-refractivity contribution in [2.75, 3.05) is 24.6 Å². The molecule has 2 aromatic rings. The van der Waals surface area contributed by atoms with Crippen LogP contribution >= 0.6 is 23.4 Å². The Morgan fingerprint density at radius 2 is 2.06 bits per heavy atom. The first-order chi connectivity index (χ1) is 15.6. The van der Waals surface area contributed by atoms with Crippen LogP contribution in [-0.2, 0) is 14.8 Å². The SMILES string of the molecule is C[C@@H]1OCC2(CCN(c3cnc(Sc4cccc(S(N)(=O)=O)c4Cl)cn3)CC2)[C@@H]1NC(=O)O. The molecule has 4 rings (SSSR count). The van der Waals surface area contributed by atoms with Crippen LogP contribution < -0.4 is 15.4 Å². The van der Waals surface area contributed by atoms with Crippen LogP contribution in [0.5, 0.6) is 0 Å². The lowest BCUT2D eigenvalue weighted by atomic mass is 9.73. The van der Waals surface area contributed by atoms with E-state index in [0.717, 1.165) is 12.8 Å². The molecular formula is C20H24ClN5O5S2. The summed E-state index contributed by atoms with van der Waals surface area (Å²) in [5.74, 6) is 0.716. The number of carboxylic acid groups (broad SMARTS) is 1. The van der Waals surface area contributed by atoms with Crippen LogP contribution in [-0.4, -0.2) is 61.4 Å². The minimum absolute atomic E-state index is 0.0507. The number of halogens is 1. The zero-order valence-electron chi connectivity index (χ0n) is 17.8. The molecule has 1 amide bonds. The molecule has 2 saturated heterocycles. The Labute approximate surface area is 200 Å². The molecule has 1 aromatic heterocycles. The fraction of sp³-hybridized carbons (Fsp3) is 0.450. The highest BCUT2D eigenvalue weighted by Gasteiger charge is 2.50. The molecule has 2 fully saturated rings. The fourth-order valence-corrected chi connectivity index (χ4v) is 6.49. The van der Waals surface area contributed by atoms with E-state index in [1.807, 2.05) is 6.92 Å². The third-order valence-electron chi connectivity index (χ3n) is 6.19. The lowest BCUT2D eigenvalue weighted by molar-refractivity contribution is 0.0970. The van der Waals surface area contributed by atoms with Gasteiger partial charge in [0, 0.05) is 23.4 Å². The minimum atomic E-state index is -3.93. The number of primary sulfonamides is 1. The van der Waals surface area contributed by atoms with Gasteiger partial charge in [-0.25, -0.2) is 28.3 Å². The van der Waals surface area contributed by atoms with Gasteiger partial charge in [0.15, 0.2) is 0 Å². The van der Waals surface area contributed by atoms with E-state index in [-0.39, 0.29) is 27.5 Å². The highest BCUT2D eigenvalue weighted by atomic mass is 35.5. The summed E-state index contributed by atoms with van der Waals surface area (Å²) >= 11 is 7.42. The maximum atomic E-state index is 11.7. The van der Waals surface area contributed by atoms with Crippen molar-refractivity contribution in [2.24, 2.45) is 10.6 Å². The number of carbonyl (C=O) groups is 1. The van der Waals surface area contributed by atoms with E-state index in [1.165, 1.54) is 17.8 Å². The van der Waals surface area contributed by atoms with Crippen molar-refractivity contribution in [1.82, 2.24) is 15.3 Å². The molecule has 3 heterocycles. The lowest BCUT2D eigenvalue weighted by Crippen LogP contribution is -2.54. The topological polar surface area (TPSA) is 148 Å². The van der Waals surface area contributed by atoms with E-state index in [0.29, 0.717) is 35.4 Å². The summed E-state index contributed by atoms with van der Waals surface area (Å²) in [4.78, 5) is 22.7. The monoisotopic (exact) mass is 513 g/mol. The Morgan fingerprint density at radius 3 is 2.67 bits per heavy atom. The molecule has 10 nitrogen and oxygen atoms in total. The van der Waals surface area contributed by atoms with Gasteiger partial charge in [-0.15, -0.1) is 0 Å². The van der Waals surface area contributed by atoms with Gasteiger partial charge in [0.05, 0.1) is 36.2 Å². The Bertz CT molecular complexity index is 1140. The summed E-state index contributed by atoms with van der Waals surface area (Å²) in [7, 11) is -3.93. The number of amides is 1. The molecule has 33 heavy (non-hydrogen) atoms. The Kier molecular flexibility index (Phi) is 6.74. The Hall–Kier alpha value is -2.12. The molecule has 0 bridgehead atoms. The summed E-state index contributed by atoms with van der Waals surface area (Å²) < 4.78 is 29.1. The van der Waals surface area contributed by atoms with Gasteiger partial charge in [-0.2, -0.15) is 0 Å². The van der Waals surface area contributed by atoms with Crippen molar-refractivity contribution in [3.05, 3.63) is 35.6 Å². The van der Waals surface area contributed by atoms with Crippen LogP contribution in [0.1, 0.15) is 19.8 Å². The molecule has 178 valence electrons. The molecule has 0 saturated carbocycles. The minimum Gasteiger partial charge on any atom is -0.465 e. The molecule has 13 heteroatoms. The number of anilines is 1. The van der Waals surface area contributed by atoms with Crippen LogP contribution in [0.3, 0.4) is 0 Å². The number of aromatic nitrogens is 2. The second-order valence-corrected chi connectivity index (χ2v) is 11.2. The van der Waals surface area contributed by atoms with Crippen LogP contribution in [0.15, 0.2) is 45.4 Å². The maximum Gasteiger partial charge on any atom is 0.404 e. The highest BCUT2D eigenvalue weighted by molar-refractivity contribution is 7.99. The molecule has 1 spiro atoms. The largest absolute Gasteiger partial charge is 0.465 e. The number of nitrogens with zero attached hydrogens (tertiary/aromatic N) is 3. The van der Waals surface area contributed by atoms with Crippen LogP contribution in [0.2, 0.25) is 5.02 Å². The molecule has 1 aromatic carbocycles. The van der Waals surface area contributed by atoms with Crippen LogP contribution in [0.25, 0.3) is 0 Å². The molecule has 0 unspecified atom stereocenters. The van der Waals surface area contributed by atoms with Gasteiger partial charge in [-0.05, 0) is 31.9 Å². The third-order valence-corrected chi connectivity index (χ3v) is 8.75. The first-order valence-electron chi connectivity index (χ1n) is 10.3. The van der Waals surface area contributed by atoms with E-state index in [4.69, 9.17) is 21.5 Å². The van der Waals surface area contributed by atoms with Crippen molar-refractivity contribution in [3.63, 3.8) is 0 Å². The van der Waals surface area contributed by atoms with Crippen LogP contribution in [0, 0.1) is 5.41 Å². The van der Waals surface area contributed by atoms with E-state index in [1.54, 1.807) is 24.5 Å². The average Bonchev–Trinajstić information content (AvgIpc) is 3.05. The van der Waals surface area contributed by atoms with Crippen molar-refractivity contribution in [1.29, 1.82) is 0 Å². The van der Waals surface area contributed by atoms with Gasteiger partial charge >= 0.3 is 6.09 Å². The van der Waals surface area contributed by atoms with Gasteiger partial charge in [0.2, 0.25) is 10.0 Å². The zero-order valence-corrected chi connectivity index (χ0v) is 20.2. The van der Waals surface area contributed by atoms with Crippen molar-refractivity contribution in [3.8, 4) is 0 Å². The number of nitrogens with one attached hydrogen (secondary N) is 1. The molecule has 4 N–H and O–H groups in total. The number of ether oxygens (including phenoxy) is 1. The maximum absolute atomic E-state index is 11.7. The van der Waals surface area contributed by atoms with Crippen molar-refractivity contribution < 1.29 is 23.1 Å². The summed E-state index contributed by atoms with van der Waals surface area (Å²) in [6, 6.07) is 4.37. The summed E-state index contributed by atoms with van der Waals surface area (Å²) in [5.41, 5.74) is -0.220. The van der Waals surface area contributed by atoms with E-state index >= 15 is 0 Å². The smallest absolute Gasteiger partial charge is 0.404 e. The number of hydrogen-bond donors (Lipinski definition) is 3. The fourth-order valence-electron chi connectivity index (χ4n) is 4.45. The normalized spacial score (nSPS) is 22.5. The second-order valence-electron chi connectivity index (χ2n) is 8.22. The number of nitrogens with two attached hydrogens (primary N) is 1. The van der Waals surface area contributed by atoms with Gasteiger partial charge < -0.3 is 20.1 Å². The Balaban J connectivity index is 1.43. The van der Waals surface area contributed by atoms with E-state index < -0.39 is 16.1 Å². The number of rotatable bonds is 5. The zero-order chi connectivity index (χ0) is 23.8. The molecule has 2 atom stereocenters. The molecule has 2 aliphatic heterocycles. The molecule has 2 aliphatic rings. The van der Waals surface area contributed by atoms with Crippen molar-refractivity contribution >= 4 is 45.3 Å². The number of benzene rings is 1. The first-order valence-corrected chi connectivity index (χ1v) is 13.0. The highest BCUT2D eigenvalue weighted by Crippen LogP contribution is 2.43. The number of piperidine rings is 1. The van der Waals surface area contributed by atoms with E-state index in [2.05, 4.69) is 20.2 Å². The standard InChI is InChI=1S/C20H24ClN5O5S2/c1-12-18(25-19(27)28)20(11-31-12)5-7-26(8-6-20)15-9-24-16(10-23-15)32-13-3-2-4-14(17(13)21)33(22,29)30/h2-4,9-10,12,18,25H,5-8,11H2,1H3,(H,27,28)(H2,22,29,30)/t12-,18+/m0/s1. The second kappa shape index (κ2) is 9.26. The first kappa shape index (κ1) is 24.0. The summed E-state index contributed by atoms with van der Waals surface area (Å²) in [6.45, 7) is 3.84. The quantitative estimate of drug-likeness (QED) is 0.548.